The Kier molecular flexibility index (Phi) is 2.43. The maximum atomic E-state index is 2.32. The second-order valence-corrected chi connectivity index (χ2v) is 5.84. The molecule has 0 amide bonds. The van der Waals surface area contributed by atoms with Crippen LogP contribution in [0.1, 0.15) is 28.7 Å². The summed E-state index contributed by atoms with van der Waals surface area (Å²) in [6, 6.07) is 2.32. The number of thiophene rings is 2. The Labute approximate surface area is 87.2 Å². The van der Waals surface area contributed by atoms with Crippen molar-refractivity contribution in [2.75, 3.05) is 0 Å². The molecule has 0 atom stereocenters. The summed E-state index contributed by atoms with van der Waals surface area (Å²) >= 11 is 3.92. The summed E-state index contributed by atoms with van der Waals surface area (Å²) in [6.07, 6.45) is 2.50. The fourth-order valence-corrected chi connectivity index (χ4v) is 4.26. The van der Waals surface area contributed by atoms with E-state index in [0.717, 1.165) is 0 Å². The van der Waals surface area contributed by atoms with Gasteiger partial charge >= 0.3 is 0 Å². The molecule has 0 aliphatic rings. The average molecular weight is 210 g/mol. The number of hydrogen-bond acceptors (Lipinski definition) is 2. The van der Waals surface area contributed by atoms with Gasteiger partial charge in [-0.3, -0.25) is 0 Å². The van der Waals surface area contributed by atoms with Gasteiger partial charge in [-0.15, -0.1) is 22.7 Å². The van der Waals surface area contributed by atoms with Crippen LogP contribution in [0.2, 0.25) is 0 Å². The lowest BCUT2D eigenvalue weighted by Crippen LogP contribution is -1.78. The molecule has 2 heteroatoms. The van der Waals surface area contributed by atoms with Crippen molar-refractivity contribution < 1.29 is 0 Å². The lowest BCUT2D eigenvalue weighted by molar-refractivity contribution is 0.934. The predicted molar refractivity (Wildman–Crippen MR) is 63.2 cm³/mol. The molecule has 0 aromatic carbocycles. The maximum Gasteiger partial charge on any atom is 0.0485 e. The Morgan fingerprint density at radius 2 is 2.00 bits per heavy atom. The lowest BCUT2D eigenvalue weighted by atomic mass is 10.2. The number of hydrogen-bond donors (Lipinski definition) is 0. The van der Waals surface area contributed by atoms with Crippen LogP contribution in [0.25, 0.3) is 9.40 Å². The topological polar surface area (TPSA) is 0 Å². The largest absolute Gasteiger partial charge is 0.139 e. The van der Waals surface area contributed by atoms with Crippen molar-refractivity contribution in [1.82, 2.24) is 0 Å². The number of rotatable bonds is 2. The van der Waals surface area contributed by atoms with E-state index in [1.54, 1.807) is 4.88 Å². The zero-order chi connectivity index (χ0) is 9.42. The third-order valence-electron chi connectivity index (χ3n) is 2.29. The molecule has 0 aliphatic heterocycles. The first kappa shape index (κ1) is 9.22. The average Bonchev–Trinajstić information content (AvgIpc) is 2.54. The third-order valence-corrected chi connectivity index (χ3v) is 4.89. The molecule has 0 unspecified atom stereocenters. The maximum absolute atomic E-state index is 2.32. The van der Waals surface area contributed by atoms with Crippen molar-refractivity contribution in [2.24, 2.45) is 0 Å². The summed E-state index contributed by atoms with van der Waals surface area (Å²) in [4.78, 5) is 3.02. The van der Waals surface area contributed by atoms with E-state index in [0.29, 0.717) is 0 Å². The first-order chi connectivity index (χ1) is 6.22. The van der Waals surface area contributed by atoms with Gasteiger partial charge in [0, 0.05) is 19.2 Å². The van der Waals surface area contributed by atoms with Gasteiger partial charge < -0.3 is 0 Å². The van der Waals surface area contributed by atoms with Gasteiger partial charge in [0.05, 0.1) is 0 Å². The minimum Gasteiger partial charge on any atom is -0.139 e. The monoisotopic (exact) mass is 210 g/mol. The molecule has 0 saturated heterocycles. The van der Waals surface area contributed by atoms with Gasteiger partial charge in [-0.25, -0.2) is 0 Å². The summed E-state index contributed by atoms with van der Waals surface area (Å²) < 4.78 is 3.01. The molecule has 0 radical (unpaired) electrons. The highest BCUT2D eigenvalue weighted by molar-refractivity contribution is 7.28. The molecule has 0 N–H and O–H groups in total. The van der Waals surface area contributed by atoms with E-state index >= 15 is 0 Å². The predicted octanol–water partition coefficient (Wildman–Crippen LogP) is 4.53. The summed E-state index contributed by atoms with van der Waals surface area (Å²) in [6.45, 7) is 6.70. The van der Waals surface area contributed by atoms with Gasteiger partial charge in [0.15, 0.2) is 0 Å². The first-order valence-corrected chi connectivity index (χ1v) is 6.34. The Hall–Kier alpha value is -0.340. The van der Waals surface area contributed by atoms with Gasteiger partial charge in [-0.05, 0) is 31.9 Å². The van der Waals surface area contributed by atoms with Crippen LogP contribution in [-0.2, 0) is 6.42 Å². The molecular weight excluding hydrogens is 196 g/mol. The van der Waals surface area contributed by atoms with E-state index in [1.807, 2.05) is 22.7 Å². The van der Waals surface area contributed by atoms with E-state index in [1.165, 1.54) is 32.7 Å². The highest BCUT2D eigenvalue weighted by atomic mass is 32.1. The molecule has 0 fully saturated rings. The van der Waals surface area contributed by atoms with Crippen molar-refractivity contribution in [2.45, 2.75) is 33.6 Å². The molecule has 0 saturated carbocycles. The van der Waals surface area contributed by atoms with Crippen molar-refractivity contribution in [1.29, 1.82) is 0 Å². The van der Waals surface area contributed by atoms with Crippen molar-refractivity contribution in [3.8, 4) is 0 Å². The van der Waals surface area contributed by atoms with E-state index in [4.69, 9.17) is 0 Å². The van der Waals surface area contributed by atoms with Crippen molar-refractivity contribution in [3.05, 3.63) is 21.4 Å². The van der Waals surface area contributed by atoms with E-state index in [9.17, 15) is 0 Å². The highest BCUT2D eigenvalue weighted by Gasteiger charge is 2.09. The third kappa shape index (κ3) is 1.53. The van der Waals surface area contributed by atoms with Gasteiger partial charge in [0.1, 0.15) is 0 Å². The molecule has 0 spiro atoms. The standard InChI is InChI=1S/C11H14S2/c1-4-5-9-8(3)11-10(13-9)6-7(2)12-11/h6H,4-5H2,1-3H3. The van der Waals surface area contributed by atoms with E-state index in [-0.39, 0.29) is 0 Å². The molecule has 70 valence electrons. The van der Waals surface area contributed by atoms with Crippen molar-refractivity contribution >= 4 is 32.1 Å². The molecule has 0 aliphatic carbocycles. The Morgan fingerprint density at radius 3 is 2.62 bits per heavy atom. The van der Waals surface area contributed by atoms with Crippen LogP contribution in [0.5, 0.6) is 0 Å². The Morgan fingerprint density at radius 1 is 1.23 bits per heavy atom. The minimum absolute atomic E-state index is 1.25. The molecule has 2 heterocycles. The SMILES string of the molecule is CCCc1sc2cc(C)sc2c1C. The van der Waals surface area contributed by atoms with Crippen LogP contribution in [-0.4, -0.2) is 0 Å². The molecule has 2 aromatic heterocycles. The number of fused-ring (bicyclic) bond motifs is 1. The summed E-state index contributed by atoms with van der Waals surface area (Å²) in [5.74, 6) is 0. The van der Waals surface area contributed by atoms with Gasteiger partial charge in [-0.1, -0.05) is 13.3 Å². The quantitative estimate of drug-likeness (QED) is 0.683. The molecule has 2 aromatic rings. The summed E-state index contributed by atoms with van der Waals surface area (Å²) in [7, 11) is 0. The molecular formula is C11H14S2. The minimum atomic E-state index is 1.25. The van der Waals surface area contributed by atoms with Crippen LogP contribution in [0.15, 0.2) is 6.07 Å². The smallest absolute Gasteiger partial charge is 0.0485 e. The van der Waals surface area contributed by atoms with Crippen LogP contribution in [0, 0.1) is 13.8 Å². The van der Waals surface area contributed by atoms with Gasteiger partial charge in [-0.2, -0.15) is 0 Å². The number of aryl methyl sites for hydroxylation is 3. The second-order valence-electron chi connectivity index (χ2n) is 3.45. The fourth-order valence-electron chi connectivity index (χ4n) is 1.63. The van der Waals surface area contributed by atoms with E-state index in [2.05, 4.69) is 26.8 Å². The molecule has 13 heavy (non-hydrogen) atoms. The zero-order valence-corrected chi connectivity index (χ0v) is 9.94. The van der Waals surface area contributed by atoms with Crippen molar-refractivity contribution in [3.63, 3.8) is 0 Å². The Bertz CT molecular complexity index is 420. The fraction of sp³-hybridized carbons (Fsp3) is 0.455. The summed E-state index contributed by atoms with van der Waals surface area (Å²) in [5, 5.41) is 0. The lowest BCUT2D eigenvalue weighted by Gasteiger charge is -1.94. The van der Waals surface area contributed by atoms with Crippen LogP contribution in [0.4, 0.5) is 0 Å². The Balaban J connectivity index is 2.56. The summed E-state index contributed by atoms with van der Waals surface area (Å²) in [5.41, 5.74) is 1.53. The molecule has 2 rings (SSSR count). The van der Waals surface area contributed by atoms with E-state index < -0.39 is 0 Å². The van der Waals surface area contributed by atoms with Gasteiger partial charge in [0.25, 0.3) is 0 Å². The molecule has 0 nitrogen and oxygen atoms in total. The molecule has 0 bridgehead atoms. The van der Waals surface area contributed by atoms with Crippen LogP contribution < -0.4 is 0 Å². The van der Waals surface area contributed by atoms with Gasteiger partial charge in [0.2, 0.25) is 0 Å². The second kappa shape index (κ2) is 3.43. The first-order valence-electron chi connectivity index (χ1n) is 4.70. The van der Waals surface area contributed by atoms with Crippen LogP contribution in [0.3, 0.4) is 0 Å². The zero-order valence-electron chi connectivity index (χ0n) is 8.31. The normalized spacial score (nSPS) is 11.3. The highest BCUT2D eigenvalue weighted by Crippen LogP contribution is 2.37. The van der Waals surface area contributed by atoms with Crippen LogP contribution >= 0.6 is 22.7 Å².